The Labute approximate surface area is 109 Å². The average Bonchev–Trinajstić information content (AvgIpc) is 2.22. The van der Waals surface area contributed by atoms with Crippen LogP contribution >= 0.6 is 11.6 Å². The molecule has 0 aliphatic heterocycles. The molecule has 0 bridgehead atoms. The van der Waals surface area contributed by atoms with E-state index < -0.39 is 0 Å². The van der Waals surface area contributed by atoms with E-state index >= 15 is 0 Å². The molecule has 2 nitrogen and oxygen atoms in total. The fraction of sp³-hybridized carbons (Fsp3) is 0.571. The zero-order valence-electron chi connectivity index (χ0n) is 10.9. The van der Waals surface area contributed by atoms with Gasteiger partial charge in [0.1, 0.15) is 0 Å². The van der Waals surface area contributed by atoms with Crippen LogP contribution < -0.4 is 5.32 Å². The molecule has 17 heavy (non-hydrogen) atoms. The van der Waals surface area contributed by atoms with Gasteiger partial charge in [-0.3, -0.25) is 0 Å². The lowest BCUT2D eigenvalue weighted by Crippen LogP contribution is -2.36. The second-order valence-electron chi connectivity index (χ2n) is 5.21. The van der Waals surface area contributed by atoms with Crippen molar-refractivity contribution in [3.8, 4) is 0 Å². The molecule has 1 aromatic rings. The highest BCUT2D eigenvalue weighted by Crippen LogP contribution is 2.11. The fourth-order valence-electron chi connectivity index (χ4n) is 1.45. The normalized spacial score (nSPS) is 11.8. The predicted octanol–water partition coefficient (Wildman–Crippen LogP) is 3.63. The van der Waals surface area contributed by atoms with Gasteiger partial charge in [0.25, 0.3) is 0 Å². The van der Waals surface area contributed by atoms with Gasteiger partial charge in [-0.25, -0.2) is 0 Å². The van der Waals surface area contributed by atoms with E-state index in [1.54, 1.807) is 0 Å². The van der Waals surface area contributed by atoms with Crippen molar-refractivity contribution >= 4 is 11.6 Å². The number of benzene rings is 1. The minimum atomic E-state index is 0.187. The molecule has 3 heteroatoms. The largest absolute Gasteiger partial charge is 0.377 e. The molecule has 0 saturated heterocycles. The van der Waals surface area contributed by atoms with Crippen LogP contribution in [0.2, 0.25) is 5.02 Å². The second kappa shape index (κ2) is 7.00. The zero-order valence-corrected chi connectivity index (χ0v) is 11.7. The standard InChI is InChI=1S/C14H22ClNO/c1-14(2,3)16-8-5-9-17-11-12-6-4-7-13(15)10-12/h4,6-7,10,16H,5,8-9,11H2,1-3H3. The van der Waals surface area contributed by atoms with Crippen LogP contribution in [0.15, 0.2) is 24.3 Å². The smallest absolute Gasteiger partial charge is 0.0717 e. The Hall–Kier alpha value is -0.570. The van der Waals surface area contributed by atoms with Crippen LogP contribution in [0.3, 0.4) is 0 Å². The zero-order chi connectivity index (χ0) is 12.7. The number of nitrogens with one attached hydrogen (secondary N) is 1. The first-order valence-corrected chi connectivity index (χ1v) is 6.42. The van der Waals surface area contributed by atoms with Crippen LogP contribution in [0.5, 0.6) is 0 Å². The van der Waals surface area contributed by atoms with Gasteiger partial charge >= 0.3 is 0 Å². The number of ether oxygens (including phenoxy) is 1. The Kier molecular flexibility index (Phi) is 5.96. The molecule has 0 atom stereocenters. The lowest BCUT2D eigenvalue weighted by Gasteiger charge is -2.20. The molecule has 1 aromatic carbocycles. The van der Waals surface area contributed by atoms with E-state index in [4.69, 9.17) is 16.3 Å². The summed E-state index contributed by atoms with van der Waals surface area (Å²) in [6.07, 6.45) is 1.03. The quantitative estimate of drug-likeness (QED) is 0.784. The van der Waals surface area contributed by atoms with Crippen molar-refractivity contribution < 1.29 is 4.74 Å². The Bertz CT molecular complexity index is 333. The maximum atomic E-state index is 5.89. The molecule has 0 aliphatic carbocycles. The Morgan fingerprint density at radius 1 is 1.29 bits per heavy atom. The molecule has 0 amide bonds. The van der Waals surface area contributed by atoms with E-state index in [0.29, 0.717) is 6.61 Å². The molecule has 1 rings (SSSR count). The van der Waals surface area contributed by atoms with Crippen LogP contribution in [-0.4, -0.2) is 18.7 Å². The lowest BCUT2D eigenvalue weighted by atomic mass is 10.1. The van der Waals surface area contributed by atoms with E-state index in [-0.39, 0.29) is 5.54 Å². The third-order valence-electron chi connectivity index (χ3n) is 2.28. The summed E-state index contributed by atoms with van der Waals surface area (Å²) in [7, 11) is 0. The van der Waals surface area contributed by atoms with Gasteiger partial charge in [-0.05, 0) is 51.4 Å². The predicted molar refractivity (Wildman–Crippen MR) is 73.5 cm³/mol. The molecular weight excluding hydrogens is 234 g/mol. The van der Waals surface area contributed by atoms with Crippen molar-refractivity contribution in [1.82, 2.24) is 5.32 Å². The molecule has 0 unspecified atom stereocenters. The van der Waals surface area contributed by atoms with Crippen LogP contribution in [-0.2, 0) is 11.3 Å². The molecule has 1 N–H and O–H groups in total. The fourth-order valence-corrected chi connectivity index (χ4v) is 1.67. The molecule has 0 spiro atoms. The van der Waals surface area contributed by atoms with Crippen molar-refractivity contribution in [3.63, 3.8) is 0 Å². The molecule has 0 radical (unpaired) electrons. The van der Waals surface area contributed by atoms with Gasteiger partial charge in [0.05, 0.1) is 6.61 Å². The highest BCUT2D eigenvalue weighted by Gasteiger charge is 2.06. The second-order valence-corrected chi connectivity index (χ2v) is 5.65. The monoisotopic (exact) mass is 255 g/mol. The topological polar surface area (TPSA) is 21.3 Å². The van der Waals surface area contributed by atoms with Gasteiger partial charge in [0.15, 0.2) is 0 Å². The summed E-state index contributed by atoms with van der Waals surface area (Å²) >= 11 is 5.89. The Morgan fingerprint density at radius 2 is 2.06 bits per heavy atom. The summed E-state index contributed by atoms with van der Waals surface area (Å²) in [5.74, 6) is 0. The van der Waals surface area contributed by atoms with Crippen molar-refractivity contribution in [1.29, 1.82) is 0 Å². The van der Waals surface area contributed by atoms with Crippen molar-refractivity contribution in [2.75, 3.05) is 13.2 Å². The first kappa shape index (κ1) is 14.5. The molecule has 0 aliphatic rings. The molecule has 0 aromatic heterocycles. The van der Waals surface area contributed by atoms with E-state index in [0.717, 1.165) is 30.2 Å². The van der Waals surface area contributed by atoms with Gasteiger partial charge in [-0.2, -0.15) is 0 Å². The van der Waals surface area contributed by atoms with Gasteiger partial charge in [0, 0.05) is 17.2 Å². The number of hydrogen-bond donors (Lipinski definition) is 1. The maximum Gasteiger partial charge on any atom is 0.0717 e. The van der Waals surface area contributed by atoms with Crippen LogP contribution in [0.25, 0.3) is 0 Å². The van der Waals surface area contributed by atoms with Crippen LogP contribution in [0.1, 0.15) is 32.8 Å². The number of hydrogen-bond acceptors (Lipinski definition) is 2. The van der Waals surface area contributed by atoms with E-state index in [2.05, 4.69) is 26.1 Å². The Morgan fingerprint density at radius 3 is 2.71 bits per heavy atom. The first-order chi connectivity index (χ1) is 7.97. The van der Waals surface area contributed by atoms with Gasteiger partial charge in [-0.15, -0.1) is 0 Å². The van der Waals surface area contributed by atoms with Crippen LogP contribution in [0.4, 0.5) is 0 Å². The molecule has 0 saturated carbocycles. The molecule has 0 heterocycles. The van der Waals surface area contributed by atoms with Crippen molar-refractivity contribution in [2.45, 2.75) is 39.3 Å². The third kappa shape index (κ3) is 7.37. The van der Waals surface area contributed by atoms with E-state index in [1.165, 1.54) is 0 Å². The van der Waals surface area contributed by atoms with Crippen molar-refractivity contribution in [3.05, 3.63) is 34.9 Å². The van der Waals surface area contributed by atoms with Crippen molar-refractivity contribution in [2.24, 2.45) is 0 Å². The summed E-state index contributed by atoms with van der Waals surface area (Å²) in [6, 6.07) is 7.79. The summed E-state index contributed by atoms with van der Waals surface area (Å²) in [5, 5.41) is 4.19. The SMILES string of the molecule is CC(C)(C)NCCCOCc1cccc(Cl)c1. The van der Waals surface area contributed by atoms with E-state index in [9.17, 15) is 0 Å². The maximum absolute atomic E-state index is 5.89. The summed E-state index contributed by atoms with van der Waals surface area (Å²) in [6.45, 7) is 8.89. The average molecular weight is 256 g/mol. The molecule has 0 fully saturated rings. The highest BCUT2D eigenvalue weighted by atomic mass is 35.5. The number of rotatable bonds is 6. The highest BCUT2D eigenvalue weighted by molar-refractivity contribution is 6.30. The third-order valence-corrected chi connectivity index (χ3v) is 2.51. The van der Waals surface area contributed by atoms with Gasteiger partial charge in [0.2, 0.25) is 0 Å². The number of halogens is 1. The van der Waals surface area contributed by atoms with E-state index in [1.807, 2.05) is 24.3 Å². The van der Waals surface area contributed by atoms with Crippen LogP contribution in [0, 0.1) is 0 Å². The molecular formula is C14H22ClNO. The van der Waals surface area contributed by atoms with Gasteiger partial charge < -0.3 is 10.1 Å². The summed E-state index contributed by atoms with van der Waals surface area (Å²) < 4.78 is 5.59. The Balaban J connectivity index is 2.09. The minimum Gasteiger partial charge on any atom is -0.377 e. The first-order valence-electron chi connectivity index (χ1n) is 6.04. The summed E-state index contributed by atoms with van der Waals surface area (Å²) in [5.41, 5.74) is 1.31. The van der Waals surface area contributed by atoms with Gasteiger partial charge in [-0.1, -0.05) is 23.7 Å². The summed E-state index contributed by atoms with van der Waals surface area (Å²) in [4.78, 5) is 0. The lowest BCUT2D eigenvalue weighted by molar-refractivity contribution is 0.117. The molecule has 96 valence electrons. The minimum absolute atomic E-state index is 0.187.